The Kier molecular flexibility index (Phi) is 5.59. The van der Waals surface area contributed by atoms with Crippen molar-refractivity contribution in [3.63, 3.8) is 0 Å². The summed E-state index contributed by atoms with van der Waals surface area (Å²) in [6.45, 7) is 2.49. The Hall–Kier alpha value is -1.46. The van der Waals surface area contributed by atoms with E-state index in [9.17, 15) is 9.18 Å². The lowest BCUT2D eigenvalue weighted by Crippen LogP contribution is -2.30. The average Bonchev–Trinajstić information content (AvgIpc) is 2.29. The Bertz CT molecular complexity index is 371. The van der Waals surface area contributed by atoms with Crippen molar-refractivity contribution in [3.05, 3.63) is 35.6 Å². The van der Waals surface area contributed by atoms with Crippen molar-refractivity contribution in [1.29, 1.82) is 0 Å². The van der Waals surface area contributed by atoms with Crippen molar-refractivity contribution in [2.24, 2.45) is 5.73 Å². The molecular weight excluding hydrogens is 223 g/mol. The number of ether oxygens (including phenoxy) is 1. The summed E-state index contributed by atoms with van der Waals surface area (Å²) >= 11 is 0. The minimum absolute atomic E-state index is 0.0309. The number of rotatable bonds is 6. The number of carbonyl (C=O) groups is 1. The highest BCUT2D eigenvalue weighted by Gasteiger charge is 2.09. The molecule has 1 rings (SSSR count). The lowest BCUT2D eigenvalue weighted by atomic mass is 10.1. The average molecular weight is 240 g/mol. The van der Waals surface area contributed by atoms with E-state index in [-0.39, 0.29) is 24.4 Å². The van der Waals surface area contributed by atoms with Gasteiger partial charge in [0.2, 0.25) is 5.91 Å². The minimum Gasteiger partial charge on any atom is -0.370 e. The molecule has 0 aliphatic heterocycles. The van der Waals surface area contributed by atoms with Crippen LogP contribution in [0.3, 0.4) is 0 Å². The van der Waals surface area contributed by atoms with Gasteiger partial charge in [-0.15, -0.1) is 0 Å². The number of nitrogens with two attached hydrogens (primary N) is 1. The Balaban J connectivity index is 2.43. The van der Waals surface area contributed by atoms with Gasteiger partial charge in [-0.05, 0) is 24.6 Å². The number of halogens is 1. The zero-order valence-electron chi connectivity index (χ0n) is 9.78. The highest BCUT2D eigenvalue weighted by atomic mass is 19.1. The normalized spacial score (nSPS) is 12.2. The minimum atomic E-state index is -0.317. The fraction of sp³-hybridized carbons (Fsp3) is 0.417. The number of benzene rings is 1. The van der Waals surface area contributed by atoms with Crippen molar-refractivity contribution in [2.75, 3.05) is 19.8 Å². The maximum absolute atomic E-state index is 13.0. The molecule has 0 saturated carbocycles. The molecule has 0 radical (unpaired) electrons. The van der Waals surface area contributed by atoms with Crippen molar-refractivity contribution in [1.82, 2.24) is 5.32 Å². The second-order valence-electron chi connectivity index (χ2n) is 3.69. The summed E-state index contributed by atoms with van der Waals surface area (Å²) in [5.41, 5.74) is 5.94. The third kappa shape index (κ3) is 4.93. The summed E-state index contributed by atoms with van der Waals surface area (Å²) in [5, 5.41) is 2.71. The van der Waals surface area contributed by atoms with Gasteiger partial charge in [-0.2, -0.15) is 0 Å². The zero-order chi connectivity index (χ0) is 12.7. The van der Waals surface area contributed by atoms with E-state index >= 15 is 0 Å². The first kappa shape index (κ1) is 13.6. The zero-order valence-corrected chi connectivity index (χ0v) is 9.78. The summed E-state index contributed by atoms with van der Waals surface area (Å²) in [4.78, 5) is 11.4. The van der Waals surface area contributed by atoms with Gasteiger partial charge in [-0.1, -0.05) is 12.1 Å². The van der Waals surface area contributed by atoms with Gasteiger partial charge in [-0.3, -0.25) is 4.79 Å². The molecule has 0 aromatic heterocycles. The van der Waals surface area contributed by atoms with Gasteiger partial charge in [-0.25, -0.2) is 4.39 Å². The molecule has 1 atom stereocenters. The van der Waals surface area contributed by atoms with E-state index in [1.54, 1.807) is 19.1 Å². The maximum Gasteiger partial charge on any atom is 0.246 e. The topological polar surface area (TPSA) is 64.3 Å². The summed E-state index contributed by atoms with van der Waals surface area (Å²) in [7, 11) is 0. The van der Waals surface area contributed by atoms with Crippen LogP contribution < -0.4 is 11.1 Å². The highest BCUT2D eigenvalue weighted by Crippen LogP contribution is 2.12. The largest absolute Gasteiger partial charge is 0.370 e. The van der Waals surface area contributed by atoms with E-state index in [4.69, 9.17) is 10.5 Å². The van der Waals surface area contributed by atoms with Crippen molar-refractivity contribution >= 4 is 5.91 Å². The van der Waals surface area contributed by atoms with Crippen LogP contribution in [0, 0.1) is 5.82 Å². The third-order valence-electron chi connectivity index (χ3n) is 2.22. The summed E-state index contributed by atoms with van der Waals surface area (Å²) < 4.78 is 18.0. The first-order chi connectivity index (χ1) is 8.13. The van der Waals surface area contributed by atoms with Crippen LogP contribution in [-0.4, -0.2) is 25.7 Å². The number of hydrogen-bond acceptors (Lipinski definition) is 3. The predicted molar refractivity (Wildman–Crippen MR) is 62.8 cm³/mol. The number of amides is 1. The molecule has 0 bridgehead atoms. The number of carbonyl (C=O) groups excluding carboxylic acids is 1. The van der Waals surface area contributed by atoms with Crippen molar-refractivity contribution in [3.8, 4) is 0 Å². The molecule has 94 valence electrons. The molecule has 3 N–H and O–H groups in total. The lowest BCUT2D eigenvalue weighted by Gasteiger charge is -2.14. The SMILES string of the molecule is C[C@@H](NC(=O)COCCN)c1cccc(F)c1. The molecule has 1 aromatic carbocycles. The van der Waals surface area contributed by atoms with Gasteiger partial charge in [0.05, 0.1) is 12.6 Å². The molecule has 4 nitrogen and oxygen atoms in total. The van der Waals surface area contributed by atoms with Gasteiger partial charge in [0.15, 0.2) is 0 Å². The lowest BCUT2D eigenvalue weighted by molar-refractivity contribution is -0.126. The number of hydrogen-bond donors (Lipinski definition) is 2. The molecule has 5 heteroatoms. The molecule has 0 fully saturated rings. The van der Waals surface area contributed by atoms with Crippen molar-refractivity contribution in [2.45, 2.75) is 13.0 Å². The van der Waals surface area contributed by atoms with Gasteiger partial charge < -0.3 is 15.8 Å². The molecule has 17 heavy (non-hydrogen) atoms. The van der Waals surface area contributed by atoms with Crippen LogP contribution in [0.2, 0.25) is 0 Å². The number of nitrogens with one attached hydrogen (secondary N) is 1. The van der Waals surface area contributed by atoms with E-state index in [1.807, 2.05) is 0 Å². The smallest absolute Gasteiger partial charge is 0.246 e. The molecule has 0 unspecified atom stereocenters. The Labute approximate surface area is 100.0 Å². The van der Waals surface area contributed by atoms with Crippen LogP contribution in [0.5, 0.6) is 0 Å². The molecule has 0 aliphatic rings. The monoisotopic (exact) mass is 240 g/mol. The van der Waals surface area contributed by atoms with E-state index in [0.717, 1.165) is 5.56 Å². The first-order valence-electron chi connectivity index (χ1n) is 5.46. The molecule has 0 heterocycles. The van der Waals surface area contributed by atoms with Crippen LogP contribution in [0.1, 0.15) is 18.5 Å². The van der Waals surface area contributed by atoms with Crippen LogP contribution in [0.4, 0.5) is 4.39 Å². The molecule has 0 saturated heterocycles. The fourth-order valence-electron chi connectivity index (χ4n) is 1.39. The summed E-state index contributed by atoms with van der Waals surface area (Å²) in [5.74, 6) is -0.557. The molecule has 0 spiro atoms. The maximum atomic E-state index is 13.0. The van der Waals surface area contributed by atoms with E-state index in [1.165, 1.54) is 12.1 Å². The quantitative estimate of drug-likeness (QED) is 0.728. The van der Waals surface area contributed by atoms with Gasteiger partial charge in [0.1, 0.15) is 12.4 Å². The second-order valence-corrected chi connectivity index (χ2v) is 3.69. The Morgan fingerprint density at radius 3 is 3.00 bits per heavy atom. The Morgan fingerprint density at radius 1 is 1.59 bits per heavy atom. The molecule has 1 amide bonds. The van der Waals surface area contributed by atoms with E-state index in [2.05, 4.69) is 5.32 Å². The standard InChI is InChI=1S/C12H17FN2O2/c1-9(10-3-2-4-11(13)7-10)15-12(16)8-17-6-5-14/h2-4,7,9H,5-6,8,14H2,1H3,(H,15,16)/t9-/m1/s1. The molecule has 1 aromatic rings. The fourth-order valence-corrected chi connectivity index (χ4v) is 1.39. The third-order valence-corrected chi connectivity index (χ3v) is 2.22. The van der Waals surface area contributed by atoms with Crippen LogP contribution in [0.25, 0.3) is 0 Å². The van der Waals surface area contributed by atoms with E-state index in [0.29, 0.717) is 13.2 Å². The first-order valence-corrected chi connectivity index (χ1v) is 5.46. The van der Waals surface area contributed by atoms with Gasteiger partial charge >= 0.3 is 0 Å². The second kappa shape index (κ2) is 6.98. The van der Waals surface area contributed by atoms with Crippen LogP contribution in [0.15, 0.2) is 24.3 Å². The summed E-state index contributed by atoms with van der Waals surface area (Å²) in [6, 6.07) is 5.88. The van der Waals surface area contributed by atoms with Crippen LogP contribution in [-0.2, 0) is 9.53 Å². The molecule has 0 aliphatic carbocycles. The Morgan fingerprint density at radius 2 is 2.35 bits per heavy atom. The van der Waals surface area contributed by atoms with Gasteiger partial charge in [0, 0.05) is 6.54 Å². The summed E-state index contributed by atoms with van der Waals surface area (Å²) in [6.07, 6.45) is 0. The van der Waals surface area contributed by atoms with Crippen molar-refractivity contribution < 1.29 is 13.9 Å². The molecular formula is C12H17FN2O2. The highest BCUT2D eigenvalue weighted by molar-refractivity contribution is 5.77. The predicted octanol–water partition coefficient (Wildman–Crippen LogP) is 0.978. The van der Waals surface area contributed by atoms with Gasteiger partial charge in [0.25, 0.3) is 0 Å². The van der Waals surface area contributed by atoms with Crippen LogP contribution >= 0.6 is 0 Å². The van der Waals surface area contributed by atoms with E-state index < -0.39 is 0 Å².